The van der Waals surface area contributed by atoms with Gasteiger partial charge >= 0.3 is 12.2 Å². The Bertz CT molecular complexity index is 498. The number of alkyl halides is 3. The minimum atomic E-state index is -4.36. The SMILES string of the molecule is C[C@@H](O)CC(C)(C)CNC(=O)Nc1cnn(CC(F)(F)F)c1. The van der Waals surface area contributed by atoms with Crippen LogP contribution in [-0.4, -0.2) is 39.7 Å². The number of aliphatic hydroxyl groups is 1. The van der Waals surface area contributed by atoms with Gasteiger partial charge in [0, 0.05) is 12.7 Å². The first-order chi connectivity index (χ1) is 9.97. The maximum atomic E-state index is 12.2. The molecule has 0 aromatic carbocycles. The summed E-state index contributed by atoms with van der Waals surface area (Å²) in [5.41, 5.74) is -0.124. The number of urea groups is 1. The first kappa shape index (κ1) is 18.3. The summed E-state index contributed by atoms with van der Waals surface area (Å²) in [5.74, 6) is 0. The Kier molecular flexibility index (Phi) is 5.81. The van der Waals surface area contributed by atoms with Crippen LogP contribution < -0.4 is 10.6 Å². The van der Waals surface area contributed by atoms with E-state index in [1.165, 1.54) is 0 Å². The molecule has 0 saturated carbocycles. The van der Waals surface area contributed by atoms with E-state index >= 15 is 0 Å². The number of aromatic nitrogens is 2. The number of carbonyl (C=O) groups is 1. The fraction of sp³-hybridized carbons (Fsp3) is 0.692. The Morgan fingerprint density at radius 1 is 1.45 bits per heavy atom. The lowest BCUT2D eigenvalue weighted by atomic mass is 9.87. The summed E-state index contributed by atoms with van der Waals surface area (Å²) in [4.78, 5) is 11.7. The molecule has 1 aromatic heterocycles. The van der Waals surface area contributed by atoms with Crippen molar-refractivity contribution in [2.24, 2.45) is 5.41 Å². The summed E-state index contributed by atoms with van der Waals surface area (Å²) in [7, 11) is 0. The van der Waals surface area contributed by atoms with Gasteiger partial charge in [0.05, 0.1) is 18.0 Å². The van der Waals surface area contributed by atoms with Crippen LogP contribution in [0.1, 0.15) is 27.2 Å². The quantitative estimate of drug-likeness (QED) is 0.752. The summed E-state index contributed by atoms with van der Waals surface area (Å²) in [6, 6.07) is -0.537. The molecule has 0 aliphatic rings. The maximum Gasteiger partial charge on any atom is 0.408 e. The van der Waals surface area contributed by atoms with Crippen molar-refractivity contribution in [1.82, 2.24) is 15.1 Å². The summed E-state index contributed by atoms with van der Waals surface area (Å²) in [5, 5.41) is 17.9. The van der Waals surface area contributed by atoms with Crippen LogP contribution in [0.2, 0.25) is 0 Å². The first-order valence-electron chi connectivity index (χ1n) is 6.79. The van der Waals surface area contributed by atoms with E-state index in [2.05, 4.69) is 15.7 Å². The molecule has 1 atom stereocenters. The molecule has 0 bridgehead atoms. The number of nitrogens with zero attached hydrogens (tertiary/aromatic N) is 2. The molecule has 1 aromatic rings. The lowest BCUT2D eigenvalue weighted by molar-refractivity contribution is -0.142. The van der Waals surface area contributed by atoms with E-state index in [1.807, 2.05) is 13.8 Å². The Balaban J connectivity index is 2.46. The second kappa shape index (κ2) is 6.99. The third-order valence-corrected chi connectivity index (χ3v) is 2.81. The molecular weight excluding hydrogens is 301 g/mol. The zero-order valence-electron chi connectivity index (χ0n) is 12.7. The highest BCUT2D eigenvalue weighted by atomic mass is 19.4. The molecule has 2 amide bonds. The average Bonchev–Trinajstić information content (AvgIpc) is 2.69. The number of rotatable bonds is 6. The van der Waals surface area contributed by atoms with Crippen molar-refractivity contribution in [3.05, 3.63) is 12.4 Å². The molecule has 3 N–H and O–H groups in total. The van der Waals surface area contributed by atoms with Gasteiger partial charge in [0.1, 0.15) is 6.54 Å². The van der Waals surface area contributed by atoms with E-state index < -0.39 is 24.9 Å². The number of nitrogens with one attached hydrogen (secondary N) is 2. The topological polar surface area (TPSA) is 79.2 Å². The van der Waals surface area contributed by atoms with Crippen molar-refractivity contribution in [3.8, 4) is 0 Å². The second-order valence-corrected chi connectivity index (χ2v) is 6.07. The number of halogens is 3. The van der Waals surface area contributed by atoms with Crippen molar-refractivity contribution in [1.29, 1.82) is 0 Å². The molecule has 1 heterocycles. The van der Waals surface area contributed by atoms with Crippen LogP contribution in [-0.2, 0) is 6.54 Å². The number of hydrogen-bond acceptors (Lipinski definition) is 3. The van der Waals surface area contributed by atoms with Crippen LogP contribution in [0, 0.1) is 5.41 Å². The highest BCUT2D eigenvalue weighted by molar-refractivity contribution is 5.88. The minimum Gasteiger partial charge on any atom is -0.393 e. The van der Waals surface area contributed by atoms with Crippen LogP contribution in [0.3, 0.4) is 0 Å². The molecule has 0 unspecified atom stereocenters. The Labute approximate surface area is 126 Å². The van der Waals surface area contributed by atoms with Gasteiger partial charge in [-0.3, -0.25) is 4.68 Å². The molecule has 0 aliphatic carbocycles. The Hall–Kier alpha value is -1.77. The smallest absolute Gasteiger partial charge is 0.393 e. The van der Waals surface area contributed by atoms with Gasteiger partial charge in [-0.25, -0.2) is 4.79 Å². The van der Waals surface area contributed by atoms with Crippen LogP contribution in [0.5, 0.6) is 0 Å². The zero-order valence-corrected chi connectivity index (χ0v) is 12.7. The highest BCUT2D eigenvalue weighted by Gasteiger charge is 2.28. The van der Waals surface area contributed by atoms with Crippen molar-refractivity contribution in [2.75, 3.05) is 11.9 Å². The zero-order chi connectivity index (χ0) is 17.0. The summed E-state index contributed by atoms with van der Waals surface area (Å²) in [6.45, 7) is 4.55. The number of amides is 2. The van der Waals surface area contributed by atoms with E-state index in [1.54, 1.807) is 6.92 Å². The predicted molar refractivity (Wildman–Crippen MR) is 75.4 cm³/mol. The monoisotopic (exact) mass is 322 g/mol. The number of hydrogen-bond donors (Lipinski definition) is 3. The maximum absolute atomic E-state index is 12.2. The van der Waals surface area contributed by atoms with E-state index in [0.717, 1.165) is 12.4 Å². The first-order valence-corrected chi connectivity index (χ1v) is 6.79. The van der Waals surface area contributed by atoms with E-state index in [-0.39, 0.29) is 11.1 Å². The summed E-state index contributed by atoms with van der Waals surface area (Å²) in [6.07, 6.45) is -2.09. The van der Waals surface area contributed by atoms with Crippen molar-refractivity contribution >= 4 is 11.7 Å². The average molecular weight is 322 g/mol. The number of carbonyl (C=O) groups excluding carboxylic acids is 1. The fourth-order valence-corrected chi connectivity index (χ4v) is 2.07. The lowest BCUT2D eigenvalue weighted by Gasteiger charge is -2.26. The Morgan fingerprint density at radius 2 is 2.09 bits per heavy atom. The molecule has 0 radical (unpaired) electrons. The van der Waals surface area contributed by atoms with E-state index in [9.17, 15) is 23.1 Å². The summed E-state index contributed by atoms with van der Waals surface area (Å²) >= 11 is 0. The van der Waals surface area contributed by atoms with Gasteiger partial charge in [0.15, 0.2) is 0 Å². The lowest BCUT2D eigenvalue weighted by Crippen LogP contribution is -2.38. The van der Waals surface area contributed by atoms with Crippen LogP contribution >= 0.6 is 0 Å². The van der Waals surface area contributed by atoms with E-state index in [0.29, 0.717) is 17.6 Å². The minimum absolute atomic E-state index is 0.176. The van der Waals surface area contributed by atoms with Gasteiger partial charge in [-0.2, -0.15) is 18.3 Å². The van der Waals surface area contributed by atoms with Gasteiger partial charge in [-0.05, 0) is 18.8 Å². The molecular formula is C13H21F3N4O2. The molecule has 22 heavy (non-hydrogen) atoms. The van der Waals surface area contributed by atoms with Crippen LogP contribution in [0.25, 0.3) is 0 Å². The van der Waals surface area contributed by atoms with Gasteiger partial charge in [-0.15, -0.1) is 0 Å². The molecule has 0 spiro atoms. The normalized spacial score (nSPS) is 13.8. The van der Waals surface area contributed by atoms with Gasteiger partial charge in [0.25, 0.3) is 0 Å². The number of aliphatic hydroxyl groups excluding tert-OH is 1. The largest absolute Gasteiger partial charge is 0.408 e. The molecule has 9 heteroatoms. The molecule has 0 saturated heterocycles. The fourth-order valence-electron chi connectivity index (χ4n) is 2.07. The van der Waals surface area contributed by atoms with Gasteiger partial charge in [0.2, 0.25) is 0 Å². The third kappa shape index (κ3) is 7.30. The Morgan fingerprint density at radius 3 is 2.64 bits per heavy atom. The standard InChI is InChI=1S/C13H21F3N4O2/c1-9(21)4-12(2,3)7-17-11(22)19-10-5-18-20(6-10)8-13(14,15)16/h5-6,9,21H,4,7-8H2,1-3H3,(H2,17,19,22)/t9-/m1/s1. The van der Waals surface area contributed by atoms with Crippen molar-refractivity contribution in [2.45, 2.75) is 46.0 Å². The molecule has 6 nitrogen and oxygen atoms in total. The molecule has 126 valence electrons. The third-order valence-electron chi connectivity index (χ3n) is 2.81. The van der Waals surface area contributed by atoms with E-state index in [4.69, 9.17) is 0 Å². The predicted octanol–water partition coefficient (Wildman–Crippen LogP) is 2.36. The molecule has 0 aliphatic heterocycles. The molecule has 0 fully saturated rings. The molecule has 1 rings (SSSR count). The van der Waals surface area contributed by atoms with Gasteiger partial charge in [-0.1, -0.05) is 13.8 Å². The van der Waals surface area contributed by atoms with Crippen LogP contribution in [0.15, 0.2) is 12.4 Å². The van der Waals surface area contributed by atoms with Gasteiger partial charge < -0.3 is 15.7 Å². The van der Waals surface area contributed by atoms with Crippen molar-refractivity contribution in [3.63, 3.8) is 0 Å². The van der Waals surface area contributed by atoms with Crippen LogP contribution in [0.4, 0.5) is 23.7 Å². The van der Waals surface area contributed by atoms with Crippen molar-refractivity contribution < 1.29 is 23.1 Å². The highest BCUT2D eigenvalue weighted by Crippen LogP contribution is 2.21. The number of anilines is 1. The second-order valence-electron chi connectivity index (χ2n) is 6.07. The summed E-state index contributed by atoms with van der Waals surface area (Å²) < 4.78 is 37.3.